The van der Waals surface area contributed by atoms with Gasteiger partial charge in [0.25, 0.3) is 0 Å². The molecule has 94 valence electrons. The summed E-state index contributed by atoms with van der Waals surface area (Å²) in [6, 6.07) is 8.22. The maximum absolute atomic E-state index is 6.04. The molecule has 0 bridgehead atoms. The van der Waals surface area contributed by atoms with Gasteiger partial charge in [-0.2, -0.15) is 0 Å². The van der Waals surface area contributed by atoms with Crippen molar-refractivity contribution in [2.24, 2.45) is 5.41 Å². The molecule has 2 N–H and O–H groups in total. The molecule has 0 saturated carbocycles. The molecule has 1 aliphatic heterocycles. The van der Waals surface area contributed by atoms with Gasteiger partial charge in [0, 0.05) is 13.1 Å². The van der Waals surface area contributed by atoms with Crippen molar-refractivity contribution in [2.75, 3.05) is 23.7 Å². The normalized spacial score (nSPS) is 19.3. The molecular weight excluding hydrogens is 208 g/mol. The number of nitrogens with two attached hydrogens (primary N) is 1. The molecule has 0 unspecified atom stereocenters. The quantitative estimate of drug-likeness (QED) is 0.806. The van der Waals surface area contributed by atoms with Gasteiger partial charge in [0.05, 0.1) is 11.4 Å². The Balaban J connectivity index is 2.07. The summed E-state index contributed by atoms with van der Waals surface area (Å²) in [6.07, 6.45) is 5.21. The Kier molecular flexibility index (Phi) is 3.60. The lowest BCUT2D eigenvalue weighted by atomic mass is 9.74. The topological polar surface area (TPSA) is 29.3 Å². The maximum Gasteiger partial charge on any atom is 0.0599 e. The third kappa shape index (κ3) is 2.41. The highest BCUT2D eigenvalue weighted by atomic mass is 15.1. The van der Waals surface area contributed by atoms with E-state index in [2.05, 4.69) is 30.9 Å². The Morgan fingerprint density at radius 3 is 2.24 bits per heavy atom. The number of anilines is 2. The lowest BCUT2D eigenvalue weighted by molar-refractivity contribution is 0.199. The van der Waals surface area contributed by atoms with Gasteiger partial charge in [-0.1, -0.05) is 38.8 Å². The van der Waals surface area contributed by atoms with Crippen LogP contribution in [0, 0.1) is 5.41 Å². The highest BCUT2D eigenvalue weighted by Gasteiger charge is 2.31. The molecule has 0 spiro atoms. The SMILES string of the molecule is CCC1(CC)CCN(c2ccccc2N)CC1. The minimum Gasteiger partial charge on any atom is -0.397 e. The summed E-state index contributed by atoms with van der Waals surface area (Å²) in [7, 11) is 0. The summed E-state index contributed by atoms with van der Waals surface area (Å²) in [5.41, 5.74) is 8.75. The summed E-state index contributed by atoms with van der Waals surface area (Å²) in [4.78, 5) is 2.44. The number of piperidine rings is 1. The first-order chi connectivity index (χ1) is 8.21. The van der Waals surface area contributed by atoms with Crippen molar-refractivity contribution >= 4 is 11.4 Å². The van der Waals surface area contributed by atoms with Crippen LogP contribution in [0.25, 0.3) is 0 Å². The van der Waals surface area contributed by atoms with Crippen molar-refractivity contribution < 1.29 is 0 Å². The number of hydrogen-bond acceptors (Lipinski definition) is 2. The third-order valence-corrected chi connectivity index (χ3v) is 4.60. The second-order valence-corrected chi connectivity index (χ2v) is 5.25. The fraction of sp³-hybridized carbons (Fsp3) is 0.600. The van der Waals surface area contributed by atoms with E-state index in [9.17, 15) is 0 Å². The van der Waals surface area contributed by atoms with Gasteiger partial charge in [-0.25, -0.2) is 0 Å². The smallest absolute Gasteiger partial charge is 0.0599 e. The van der Waals surface area contributed by atoms with Gasteiger partial charge in [-0.05, 0) is 30.4 Å². The van der Waals surface area contributed by atoms with Gasteiger partial charge in [0.2, 0.25) is 0 Å². The lowest BCUT2D eigenvalue weighted by Gasteiger charge is -2.42. The van der Waals surface area contributed by atoms with E-state index in [1.165, 1.54) is 31.4 Å². The molecule has 1 heterocycles. The molecule has 1 aliphatic rings. The largest absolute Gasteiger partial charge is 0.397 e. The number of para-hydroxylation sites is 2. The van der Waals surface area contributed by atoms with Crippen LogP contribution in [0.4, 0.5) is 11.4 Å². The van der Waals surface area contributed by atoms with Crippen LogP contribution in [0.15, 0.2) is 24.3 Å². The Bertz CT molecular complexity index is 359. The van der Waals surface area contributed by atoms with Crippen molar-refractivity contribution in [1.82, 2.24) is 0 Å². The molecule has 17 heavy (non-hydrogen) atoms. The fourth-order valence-electron chi connectivity index (χ4n) is 2.95. The van der Waals surface area contributed by atoms with E-state index in [1.54, 1.807) is 0 Å². The van der Waals surface area contributed by atoms with Gasteiger partial charge >= 0.3 is 0 Å². The zero-order valence-electron chi connectivity index (χ0n) is 11.1. The second kappa shape index (κ2) is 4.99. The zero-order valence-corrected chi connectivity index (χ0v) is 11.1. The Hall–Kier alpha value is -1.18. The van der Waals surface area contributed by atoms with E-state index in [1.807, 2.05) is 12.1 Å². The van der Waals surface area contributed by atoms with E-state index in [-0.39, 0.29) is 0 Å². The van der Waals surface area contributed by atoms with E-state index >= 15 is 0 Å². The molecule has 0 radical (unpaired) electrons. The highest BCUT2D eigenvalue weighted by molar-refractivity contribution is 5.67. The van der Waals surface area contributed by atoms with Gasteiger partial charge in [-0.15, -0.1) is 0 Å². The van der Waals surface area contributed by atoms with Crippen LogP contribution in [-0.2, 0) is 0 Å². The van der Waals surface area contributed by atoms with Crippen molar-refractivity contribution in [2.45, 2.75) is 39.5 Å². The molecule has 2 nitrogen and oxygen atoms in total. The van der Waals surface area contributed by atoms with Crippen molar-refractivity contribution in [3.05, 3.63) is 24.3 Å². The van der Waals surface area contributed by atoms with Crippen LogP contribution in [0.2, 0.25) is 0 Å². The fourth-order valence-corrected chi connectivity index (χ4v) is 2.95. The van der Waals surface area contributed by atoms with Crippen LogP contribution in [0.1, 0.15) is 39.5 Å². The summed E-state index contributed by atoms with van der Waals surface area (Å²) in [6.45, 7) is 6.96. The summed E-state index contributed by atoms with van der Waals surface area (Å²) in [5.74, 6) is 0. The van der Waals surface area contributed by atoms with Crippen molar-refractivity contribution in [3.63, 3.8) is 0 Å². The standard InChI is InChI=1S/C15H24N2/c1-3-15(4-2)9-11-17(12-10-15)14-8-6-5-7-13(14)16/h5-8H,3-4,9-12,16H2,1-2H3. The number of rotatable bonds is 3. The number of nitrogen functional groups attached to an aromatic ring is 1. The molecule has 0 amide bonds. The second-order valence-electron chi connectivity index (χ2n) is 5.25. The highest BCUT2D eigenvalue weighted by Crippen LogP contribution is 2.39. The monoisotopic (exact) mass is 232 g/mol. The minimum absolute atomic E-state index is 0.583. The number of hydrogen-bond donors (Lipinski definition) is 1. The average Bonchev–Trinajstić information content (AvgIpc) is 2.40. The maximum atomic E-state index is 6.04. The average molecular weight is 232 g/mol. The number of benzene rings is 1. The molecule has 1 aromatic rings. The Morgan fingerprint density at radius 2 is 1.71 bits per heavy atom. The first kappa shape index (κ1) is 12.3. The molecule has 0 atom stereocenters. The molecule has 2 rings (SSSR count). The lowest BCUT2D eigenvalue weighted by Crippen LogP contribution is -2.39. The Labute approximate surface area is 105 Å². The van der Waals surface area contributed by atoms with Crippen LogP contribution < -0.4 is 10.6 Å². The molecule has 1 saturated heterocycles. The van der Waals surface area contributed by atoms with Crippen LogP contribution in [0.5, 0.6) is 0 Å². The number of nitrogens with zero attached hydrogens (tertiary/aromatic N) is 1. The van der Waals surface area contributed by atoms with Crippen molar-refractivity contribution in [3.8, 4) is 0 Å². The van der Waals surface area contributed by atoms with E-state index < -0.39 is 0 Å². The van der Waals surface area contributed by atoms with E-state index in [0.29, 0.717) is 5.41 Å². The van der Waals surface area contributed by atoms with E-state index in [4.69, 9.17) is 5.73 Å². The van der Waals surface area contributed by atoms with Gasteiger partial charge in [0.1, 0.15) is 0 Å². The molecular formula is C15H24N2. The van der Waals surface area contributed by atoms with Gasteiger partial charge in [-0.3, -0.25) is 0 Å². The van der Waals surface area contributed by atoms with Crippen molar-refractivity contribution in [1.29, 1.82) is 0 Å². The van der Waals surface area contributed by atoms with Gasteiger partial charge < -0.3 is 10.6 Å². The third-order valence-electron chi connectivity index (χ3n) is 4.60. The predicted octanol–water partition coefficient (Wildman–Crippen LogP) is 3.68. The first-order valence-electron chi connectivity index (χ1n) is 6.80. The van der Waals surface area contributed by atoms with Crippen LogP contribution in [0.3, 0.4) is 0 Å². The molecule has 0 aromatic heterocycles. The molecule has 2 heteroatoms. The first-order valence-corrected chi connectivity index (χ1v) is 6.80. The molecule has 1 aromatic carbocycles. The predicted molar refractivity (Wildman–Crippen MR) is 75.3 cm³/mol. The van der Waals surface area contributed by atoms with Gasteiger partial charge in [0.15, 0.2) is 0 Å². The van der Waals surface area contributed by atoms with E-state index in [0.717, 1.165) is 18.8 Å². The summed E-state index contributed by atoms with van der Waals surface area (Å²) in [5, 5.41) is 0. The van der Waals surface area contributed by atoms with Crippen LogP contribution in [-0.4, -0.2) is 13.1 Å². The zero-order chi connectivity index (χ0) is 12.3. The minimum atomic E-state index is 0.583. The summed E-state index contributed by atoms with van der Waals surface area (Å²) >= 11 is 0. The molecule has 0 aliphatic carbocycles. The Morgan fingerprint density at radius 1 is 1.12 bits per heavy atom. The van der Waals surface area contributed by atoms with Crippen LogP contribution >= 0.6 is 0 Å². The summed E-state index contributed by atoms with van der Waals surface area (Å²) < 4.78 is 0. The molecule has 1 fully saturated rings.